The van der Waals surface area contributed by atoms with E-state index >= 15 is 0 Å². The van der Waals surface area contributed by atoms with Gasteiger partial charge in [-0.1, -0.05) is 0 Å². The van der Waals surface area contributed by atoms with Crippen molar-refractivity contribution in [2.24, 2.45) is 0 Å². The van der Waals surface area contributed by atoms with Gasteiger partial charge in [-0.2, -0.15) is 0 Å². The van der Waals surface area contributed by atoms with E-state index in [0.29, 0.717) is 12.7 Å². The summed E-state index contributed by atoms with van der Waals surface area (Å²) in [6.45, 7) is 3.30. The molecule has 0 aromatic heterocycles. The lowest BCUT2D eigenvalue weighted by molar-refractivity contribution is -0.137. The second-order valence-electron chi connectivity index (χ2n) is 3.14. The fourth-order valence-electron chi connectivity index (χ4n) is 1.07. The minimum absolute atomic E-state index is 0.389. The Morgan fingerprint density at radius 3 is 2.00 bits per heavy atom. The van der Waals surface area contributed by atoms with Crippen LogP contribution < -0.4 is 0 Å². The van der Waals surface area contributed by atoms with Gasteiger partial charge in [0.2, 0.25) is 0 Å². The maximum atomic E-state index is 10.7. The van der Waals surface area contributed by atoms with Gasteiger partial charge in [0, 0.05) is 33.6 Å². The average Bonchev–Trinajstić information content (AvgIpc) is 2.10. The summed E-state index contributed by atoms with van der Waals surface area (Å²) in [6.07, 6.45) is 1.72. The molecular formula is C9H18O5Si. The molecule has 6 heteroatoms. The molecule has 0 radical (unpaired) electrons. The van der Waals surface area contributed by atoms with Crippen LogP contribution in [0.15, 0.2) is 0 Å². The second kappa shape index (κ2) is 8.43. The Kier molecular flexibility index (Phi) is 7.93. The van der Waals surface area contributed by atoms with Crippen LogP contribution in [0.2, 0.25) is 6.04 Å². The average molecular weight is 234 g/mol. The molecule has 0 spiro atoms. The lowest BCUT2D eigenvalue weighted by atomic mass is 10.4. The highest BCUT2D eigenvalue weighted by molar-refractivity contribution is 6.48. The molecule has 0 heterocycles. The summed E-state index contributed by atoms with van der Waals surface area (Å²) in [4.78, 5) is 21.4. The van der Waals surface area contributed by atoms with Gasteiger partial charge in [-0.05, 0) is 12.8 Å². The summed E-state index contributed by atoms with van der Waals surface area (Å²) in [5, 5.41) is 0. The van der Waals surface area contributed by atoms with Crippen molar-refractivity contribution < 1.29 is 23.2 Å². The second-order valence-corrected chi connectivity index (χ2v) is 5.04. The standard InChI is InChI=1S/C9H18O5Si/c1-8(10)13-15(14-9(2)11)7-5-4-6-12-3/h15H,4-7H2,1-3H3. The van der Waals surface area contributed by atoms with E-state index in [1.54, 1.807) is 7.11 Å². The highest BCUT2D eigenvalue weighted by Crippen LogP contribution is 2.05. The van der Waals surface area contributed by atoms with Crippen LogP contribution in [0, 0.1) is 0 Å². The number of carbonyl (C=O) groups excluding carboxylic acids is 2. The number of ether oxygens (including phenoxy) is 1. The van der Waals surface area contributed by atoms with Crippen molar-refractivity contribution in [3.63, 3.8) is 0 Å². The maximum absolute atomic E-state index is 10.7. The van der Waals surface area contributed by atoms with Crippen LogP contribution in [-0.2, 0) is 23.2 Å². The van der Waals surface area contributed by atoms with Crippen LogP contribution >= 0.6 is 0 Å². The molecule has 0 N–H and O–H groups in total. The zero-order chi connectivity index (χ0) is 11.7. The third-order valence-corrected chi connectivity index (χ3v) is 3.70. The first-order valence-electron chi connectivity index (χ1n) is 4.89. The minimum Gasteiger partial charge on any atom is -0.487 e. The van der Waals surface area contributed by atoms with Gasteiger partial charge in [0.1, 0.15) is 0 Å². The summed E-state index contributed by atoms with van der Waals surface area (Å²) in [5.41, 5.74) is 0. The van der Waals surface area contributed by atoms with Gasteiger partial charge in [0.25, 0.3) is 11.9 Å². The monoisotopic (exact) mass is 234 g/mol. The van der Waals surface area contributed by atoms with Gasteiger partial charge in [-0.3, -0.25) is 9.59 Å². The Morgan fingerprint density at radius 1 is 1.07 bits per heavy atom. The van der Waals surface area contributed by atoms with E-state index in [9.17, 15) is 9.59 Å². The van der Waals surface area contributed by atoms with E-state index in [1.165, 1.54) is 13.8 Å². The zero-order valence-corrected chi connectivity index (χ0v) is 10.6. The smallest absolute Gasteiger partial charge is 0.448 e. The summed E-state index contributed by atoms with van der Waals surface area (Å²) < 4.78 is 14.8. The van der Waals surface area contributed by atoms with Crippen molar-refractivity contribution in [1.29, 1.82) is 0 Å². The molecule has 0 rings (SSSR count). The number of methoxy groups -OCH3 is 1. The van der Waals surface area contributed by atoms with Gasteiger partial charge in [-0.15, -0.1) is 0 Å². The van der Waals surface area contributed by atoms with E-state index < -0.39 is 9.28 Å². The molecule has 0 aliphatic carbocycles. The number of unbranched alkanes of at least 4 members (excludes halogenated alkanes) is 1. The molecule has 0 unspecified atom stereocenters. The van der Waals surface area contributed by atoms with Crippen molar-refractivity contribution in [3.05, 3.63) is 0 Å². The fraction of sp³-hybridized carbons (Fsp3) is 0.778. The zero-order valence-electron chi connectivity index (χ0n) is 9.45. The highest BCUT2D eigenvalue weighted by atomic mass is 28.3. The first-order chi connectivity index (χ1) is 7.06. The molecule has 0 aromatic carbocycles. The fourth-order valence-corrected chi connectivity index (χ4v) is 2.72. The topological polar surface area (TPSA) is 61.8 Å². The normalized spacial score (nSPS) is 10.1. The van der Waals surface area contributed by atoms with Gasteiger partial charge in [0.15, 0.2) is 0 Å². The molecule has 0 atom stereocenters. The molecule has 0 amide bonds. The highest BCUT2D eigenvalue weighted by Gasteiger charge is 2.19. The third kappa shape index (κ3) is 9.42. The Labute approximate surface area is 91.5 Å². The van der Waals surface area contributed by atoms with E-state index in [2.05, 4.69) is 0 Å². The van der Waals surface area contributed by atoms with Crippen molar-refractivity contribution in [2.45, 2.75) is 32.7 Å². The lowest BCUT2D eigenvalue weighted by Crippen LogP contribution is -2.27. The van der Waals surface area contributed by atoms with Gasteiger partial charge in [-0.25, -0.2) is 0 Å². The molecule has 0 saturated carbocycles. The minimum atomic E-state index is -2.15. The van der Waals surface area contributed by atoms with Crippen LogP contribution in [0.4, 0.5) is 0 Å². The molecule has 0 aromatic rings. The number of hydrogen-bond acceptors (Lipinski definition) is 5. The summed E-state index contributed by atoms with van der Waals surface area (Å²) in [6, 6.07) is 0.641. The van der Waals surface area contributed by atoms with Gasteiger partial charge in [0.05, 0.1) is 0 Å². The first-order valence-corrected chi connectivity index (χ1v) is 6.65. The predicted octanol–water partition coefficient (Wildman–Crippen LogP) is 0.760. The molecule has 88 valence electrons. The van der Waals surface area contributed by atoms with E-state index in [1.807, 2.05) is 0 Å². The van der Waals surface area contributed by atoms with Crippen molar-refractivity contribution in [3.8, 4) is 0 Å². The summed E-state index contributed by atoms with van der Waals surface area (Å²) >= 11 is 0. The predicted molar refractivity (Wildman–Crippen MR) is 56.6 cm³/mol. The molecule has 0 aliphatic rings. The number of rotatable bonds is 7. The van der Waals surface area contributed by atoms with Crippen LogP contribution in [0.1, 0.15) is 26.7 Å². The van der Waals surface area contributed by atoms with Crippen molar-refractivity contribution >= 4 is 21.2 Å². The molecule has 0 aliphatic heterocycles. The molecule has 5 nitrogen and oxygen atoms in total. The number of carbonyl (C=O) groups is 2. The summed E-state index contributed by atoms with van der Waals surface area (Å²) in [7, 11) is -0.515. The third-order valence-electron chi connectivity index (χ3n) is 1.63. The van der Waals surface area contributed by atoms with E-state index in [4.69, 9.17) is 13.6 Å². The van der Waals surface area contributed by atoms with Crippen molar-refractivity contribution in [1.82, 2.24) is 0 Å². The number of hydrogen-bond donors (Lipinski definition) is 0. The summed E-state index contributed by atoms with van der Waals surface area (Å²) in [5.74, 6) is -0.778. The Balaban J connectivity index is 3.79. The van der Waals surface area contributed by atoms with E-state index in [0.717, 1.165) is 12.8 Å². The van der Waals surface area contributed by atoms with Gasteiger partial charge >= 0.3 is 9.28 Å². The van der Waals surface area contributed by atoms with Crippen molar-refractivity contribution in [2.75, 3.05) is 13.7 Å². The Hall–Kier alpha value is -0.883. The Bertz CT molecular complexity index is 191. The van der Waals surface area contributed by atoms with Crippen LogP contribution in [0.3, 0.4) is 0 Å². The molecular weight excluding hydrogens is 216 g/mol. The SMILES string of the molecule is COCCCC[SiH](OC(C)=O)OC(C)=O. The van der Waals surface area contributed by atoms with Gasteiger partial charge < -0.3 is 13.6 Å². The Morgan fingerprint density at radius 2 is 1.60 bits per heavy atom. The molecule has 0 saturated heterocycles. The van der Waals surface area contributed by atoms with Crippen LogP contribution in [-0.4, -0.2) is 34.9 Å². The molecule has 15 heavy (non-hydrogen) atoms. The van der Waals surface area contributed by atoms with Crippen LogP contribution in [0.5, 0.6) is 0 Å². The molecule has 0 fully saturated rings. The largest absolute Gasteiger partial charge is 0.487 e. The molecule has 0 bridgehead atoms. The lowest BCUT2D eigenvalue weighted by Gasteiger charge is -2.14. The maximum Gasteiger partial charge on any atom is 0.448 e. The quantitative estimate of drug-likeness (QED) is 0.481. The van der Waals surface area contributed by atoms with Crippen LogP contribution in [0.25, 0.3) is 0 Å². The first kappa shape index (κ1) is 14.1. The van der Waals surface area contributed by atoms with E-state index in [-0.39, 0.29) is 11.9 Å².